The molecule has 2 aromatic carbocycles. The van der Waals surface area contributed by atoms with Crippen LogP contribution in [0.25, 0.3) is 5.69 Å². The van der Waals surface area contributed by atoms with E-state index >= 15 is 0 Å². The normalized spacial score (nSPS) is 18.3. The topological polar surface area (TPSA) is 33.1 Å². The first-order valence-corrected chi connectivity index (χ1v) is 11.4. The van der Waals surface area contributed by atoms with Gasteiger partial charge in [-0.25, -0.2) is 0 Å². The van der Waals surface area contributed by atoms with Crippen molar-refractivity contribution in [2.75, 3.05) is 4.90 Å². The SMILES string of the molecule is S=C1N[C@H](c2ccccn2)[C@H](c2cccn2-c2cccc(Br)c2)N1c1ccc(Cl)cc1. The van der Waals surface area contributed by atoms with Crippen LogP contribution in [0.15, 0.2) is 95.7 Å². The van der Waals surface area contributed by atoms with Gasteiger partial charge in [0.15, 0.2) is 5.11 Å². The predicted octanol–water partition coefficient (Wildman–Crippen LogP) is 6.47. The number of anilines is 1. The molecule has 1 fully saturated rings. The molecular formula is C24H18BrClN4S. The van der Waals surface area contributed by atoms with Crippen molar-refractivity contribution < 1.29 is 0 Å². The van der Waals surface area contributed by atoms with E-state index in [1.54, 1.807) is 0 Å². The monoisotopic (exact) mass is 508 g/mol. The van der Waals surface area contributed by atoms with E-state index in [0.717, 1.165) is 27.2 Å². The van der Waals surface area contributed by atoms with Crippen LogP contribution >= 0.6 is 39.7 Å². The first-order chi connectivity index (χ1) is 15.1. The van der Waals surface area contributed by atoms with Crippen molar-refractivity contribution in [3.63, 3.8) is 0 Å². The Morgan fingerprint density at radius 2 is 1.77 bits per heavy atom. The molecule has 3 heterocycles. The maximum absolute atomic E-state index is 6.15. The van der Waals surface area contributed by atoms with Crippen molar-refractivity contribution in [1.29, 1.82) is 0 Å². The highest BCUT2D eigenvalue weighted by atomic mass is 79.9. The highest BCUT2D eigenvalue weighted by Gasteiger charge is 2.42. The second-order valence-corrected chi connectivity index (χ2v) is 8.99. The van der Waals surface area contributed by atoms with Crippen LogP contribution in [0.5, 0.6) is 0 Å². The standard InChI is InChI=1S/C24H18BrClN4S/c25-16-5-3-6-19(15-16)29-14-4-8-21(29)23-22(20-7-1-2-13-27-20)28-24(31)30(23)18-11-9-17(26)10-12-18/h1-15,22-23H,(H,28,31)/t22-,23+/m1/s1. The number of hydrogen-bond donors (Lipinski definition) is 1. The van der Waals surface area contributed by atoms with Gasteiger partial charge in [-0.15, -0.1) is 0 Å². The fourth-order valence-electron chi connectivity index (χ4n) is 4.03. The number of rotatable bonds is 4. The molecule has 0 bridgehead atoms. The number of hydrogen-bond acceptors (Lipinski definition) is 2. The summed E-state index contributed by atoms with van der Waals surface area (Å²) >= 11 is 15.5. The van der Waals surface area contributed by atoms with E-state index in [1.807, 2.05) is 60.8 Å². The lowest BCUT2D eigenvalue weighted by molar-refractivity contribution is 0.549. The van der Waals surface area contributed by atoms with Gasteiger partial charge in [-0.2, -0.15) is 0 Å². The average Bonchev–Trinajstić information content (AvgIpc) is 3.39. The van der Waals surface area contributed by atoms with Gasteiger partial charge in [0, 0.05) is 39.0 Å². The Morgan fingerprint density at radius 3 is 2.52 bits per heavy atom. The Bertz CT molecular complexity index is 1230. The van der Waals surface area contributed by atoms with Crippen molar-refractivity contribution >= 4 is 50.5 Å². The third-order valence-corrected chi connectivity index (χ3v) is 6.43. The highest BCUT2D eigenvalue weighted by molar-refractivity contribution is 9.10. The summed E-state index contributed by atoms with van der Waals surface area (Å²) in [6.45, 7) is 0. The molecule has 0 amide bonds. The number of nitrogens with zero attached hydrogens (tertiary/aromatic N) is 3. The quantitative estimate of drug-likeness (QED) is 0.320. The van der Waals surface area contributed by atoms with Crippen molar-refractivity contribution in [3.8, 4) is 5.69 Å². The molecule has 0 radical (unpaired) electrons. The minimum absolute atomic E-state index is 0.0995. The third-order valence-electron chi connectivity index (χ3n) is 5.37. The van der Waals surface area contributed by atoms with Crippen molar-refractivity contribution in [2.45, 2.75) is 12.1 Å². The van der Waals surface area contributed by atoms with Crippen LogP contribution in [0, 0.1) is 0 Å². The molecule has 0 saturated carbocycles. The second-order valence-electron chi connectivity index (χ2n) is 7.26. The Balaban J connectivity index is 1.67. The minimum atomic E-state index is -0.106. The summed E-state index contributed by atoms with van der Waals surface area (Å²) in [6, 6.07) is 26.0. The van der Waals surface area contributed by atoms with Gasteiger partial charge in [0.1, 0.15) is 6.04 Å². The number of thiocarbonyl (C=S) groups is 1. The van der Waals surface area contributed by atoms with Gasteiger partial charge in [-0.1, -0.05) is 39.7 Å². The van der Waals surface area contributed by atoms with Gasteiger partial charge >= 0.3 is 0 Å². The van der Waals surface area contributed by atoms with Crippen molar-refractivity contribution in [2.24, 2.45) is 0 Å². The maximum Gasteiger partial charge on any atom is 0.174 e. The lowest BCUT2D eigenvalue weighted by atomic mass is 10.0. The van der Waals surface area contributed by atoms with E-state index in [0.29, 0.717) is 10.1 Å². The third kappa shape index (κ3) is 3.87. The zero-order chi connectivity index (χ0) is 21.4. The summed E-state index contributed by atoms with van der Waals surface area (Å²) in [7, 11) is 0. The zero-order valence-corrected chi connectivity index (χ0v) is 19.5. The van der Waals surface area contributed by atoms with Crippen LogP contribution in [0.4, 0.5) is 5.69 Å². The van der Waals surface area contributed by atoms with Gasteiger partial charge < -0.3 is 14.8 Å². The molecule has 4 nitrogen and oxygen atoms in total. The largest absolute Gasteiger partial charge is 0.351 e. The van der Waals surface area contributed by atoms with Crippen LogP contribution in [-0.4, -0.2) is 14.7 Å². The molecule has 154 valence electrons. The molecule has 1 saturated heterocycles. The summed E-state index contributed by atoms with van der Waals surface area (Å²) in [4.78, 5) is 6.78. The van der Waals surface area contributed by atoms with Crippen molar-refractivity contribution in [1.82, 2.24) is 14.9 Å². The van der Waals surface area contributed by atoms with E-state index < -0.39 is 0 Å². The van der Waals surface area contributed by atoms with Gasteiger partial charge in [0.25, 0.3) is 0 Å². The van der Waals surface area contributed by atoms with Crippen LogP contribution in [0.3, 0.4) is 0 Å². The number of halogens is 2. The summed E-state index contributed by atoms with van der Waals surface area (Å²) < 4.78 is 3.23. The molecule has 2 atom stereocenters. The molecule has 0 unspecified atom stereocenters. The maximum atomic E-state index is 6.15. The Morgan fingerprint density at radius 1 is 0.935 bits per heavy atom. The van der Waals surface area contributed by atoms with Gasteiger partial charge in [0.2, 0.25) is 0 Å². The number of pyridine rings is 1. The fourth-order valence-corrected chi connectivity index (χ4v) is 4.89. The summed E-state index contributed by atoms with van der Waals surface area (Å²) in [5, 5.41) is 4.85. The first-order valence-electron chi connectivity index (χ1n) is 9.81. The molecule has 7 heteroatoms. The zero-order valence-electron chi connectivity index (χ0n) is 16.3. The molecule has 1 aliphatic heterocycles. The van der Waals surface area contributed by atoms with Crippen LogP contribution in [0.2, 0.25) is 5.02 Å². The van der Waals surface area contributed by atoms with E-state index in [-0.39, 0.29) is 12.1 Å². The molecule has 2 aromatic heterocycles. The predicted molar refractivity (Wildman–Crippen MR) is 133 cm³/mol. The van der Waals surface area contributed by atoms with Crippen LogP contribution in [0.1, 0.15) is 23.5 Å². The summed E-state index contributed by atoms with van der Waals surface area (Å²) in [5.74, 6) is 0. The van der Waals surface area contributed by atoms with Crippen molar-refractivity contribution in [3.05, 3.63) is 112 Å². The molecule has 4 aromatic rings. The Labute approximate surface area is 199 Å². The number of benzene rings is 2. The van der Waals surface area contributed by atoms with E-state index in [2.05, 4.69) is 66.2 Å². The molecular weight excluding hydrogens is 492 g/mol. The average molecular weight is 510 g/mol. The Kier molecular flexibility index (Phi) is 5.52. The van der Waals surface area contributed by atoms with Gasteiger partial charge in [0.05, 0.1) is 11.7 Å². The fraction of sp³-hybridized carbons (Fsp3) is 0.0833. The van der Waals surface area contributed by atoms with Gasteiger partial charge in [-0.05, 0) is 78.9 Å². The van der Waals surface area contributed by atoms with Gasteiger partial charge in [-0.3, -0.25) is 4.98 Å². The first kappa shape index (κ1) is 20.2. The lowest BCUT2D eigenvalue weighted by Crippen LogP contribution is -2.30. The minimum Gasteiger partial charge on any atom is -0.351 e. The lowest BCUT2D eigenvalue weighted by Gasteiger charge is -2.29. The molecule has 5 rings (SSSR count). The molecule has 1 N–H and O–H groups in total. The molecule has 0 aliphatic carbocycles. The molecule has 1 aliphatic rings. The highest BCUT2D eigenvalue weighted by Crippen LogP contribution is 2.42. The van der Waals surface area contributed by atoms with E-state index in [4.69, 9.17) is 23.8 Å². The second kappa shape index (κ2) is 8.46. The summed E-state index contributed by atoms with van der Waals surface area (Å²) in [5.41, 5.74) is 4.10. The van der Waals surface area contributed by atoms with Crippen LogP contribution in [-0.2, 0) is 0 Å². The summed E-state index contributed by atoms with van der Waals surface area (Å²) in [6.07, 6.45) is 3.89. The number of nitrogens with one attached hydrogen (secondary N) is 1. The number of aromatic nitrogens is 2. The Hall–Kier alpha value is -2.67. The van der Waals surface area contributed by atoms with E-state index in [1.165, 1.54) is 0 Å². The smallest absolute Gasteiger partial charge is 0.174 e. The molecule has 31 heavy (non-hydrogen) atoms. The molecule has 0 spiro atoms. The van der Waals surface area contributed by atoms with Crippen LogP contribution < -0.4 is 10.2 Å². The van der Waals surface area contributed by atoms with E-state index in [9.17, 15) is 0 Å².